The Balaban J connectivity index is 1.43. The zero-order chi connectivity index (χ0) is 24.7. The Kier molecular flexibility index (Phi) is 5.75. The maximum atomic E-state index is 13.5. The second kappa shape index (κ2) is 8.76. The van der Waals surface area contributed by atoms with Crippen molar-refractivity contribution in [2.45, 2.75) is 38.9 Å². The van der Waals surface area contributed by atoms with E-state index < -0.39 is 11.7 Å². The van der Waals surface area contributed by atoms with Crippen molar-refractivity contribution in [2.24, 2.45) is 0 Å². The largest absolute Gasteiger partial charge is 0.438 e. The number of urea groups is 1. The minimum Gasteiger partial charge on any atom is -0.438 e. The topological polar surface area (TPSA) is 58.4 Å². The van der Waals surface area contributed by atoms with Crippen molar-refractivity contribution in [3.8, 4) is 11.1 Å². The number of rotatable bonds is 3. The average molecular weight is 480 g/mol. The van der Waals surface area contributed by atoms with Crippen molar-refractivity contribution in [3.63, 3.8) is 0 Å². The van der Waals surface area contributed by atoms with Gasteiger partial charge >= 0.3 is 12.2 Å². The van der Waals surface area contributed by atoms with Crippen LogP contribution < -0.4 is 5.32 Å². The highest BCUT2D eigenvalue weighted by Gasteiger charge is 2.35. The molecule has 8 heteroatoms. The number of fused-ring (bicyclic) bond motifs is 1. The number of amides is 2. The number of oxazole rings is 1. The first-order valence-electron chi connectivity index (χ1n) is 11.4. The molecule has 0 spiro atoms. The molecule has 1 aliphatic heterocycles. The number of hydrogen-bond acceptors (Lipinski definition) is 3. The van der Waals surface area contributed by atoms with Gasteiger partial charge in [-0.15, -0.1) is 0 Å². The molecule has 0 saturated carbocycles. The number of alkyl halides is 3. The van der Waals surface area contributed by atoms with E-state index in [1.54, 1.807) is 29.2 Å². The summed E-state index contributed by atoms with van der Waals surface area (Å²) < 4.78 is 46.5. The summed E-state index contributed by atoms with van der Waals surface area (Å²) in [6.45, 7) is 4.50. The summed E-state index contributed by atoms with van der Waals surface area (Å²) >= 11 is 0. The van der Waals surface area contributed by atoms with Crippen LogP contribution in [0.2, 0.25) is 0 Å². The molecular weight excluding hydrogens is 455 g/mol. The molecule has 1 fully saturated rings. The van der Waals surface area contributed by atoms with Gasteiger partial charge in [0.25, 0.3) is 0 Å². The van der Waals surface area contributed by atoms with Crippen molar-refractivity contribution in [1.82, 2.24) is 9.88 Å². The lowest BCUT2D eigenvalue weighted by atomic mass is 9.99. The second-order valence-electron chi connectivity index (χ2n) is 8.88. The van der Waals surface area contributed by atoms with Crippen LogP contribution in [-0.2, 0) is 6.18 Å². The third-order valence-electron chi connectivity index (χ3n) is 6.37. The van der Waals surface area contributed by atoms with Gasteiger partial charge in [-0.1, -0.05) is 42.0 Å². The lowest BCUT2D eigenvalue weighted by Gasteiger charge is -2.23. The third-order valence-corrected chi connectivity index (χ3v) is 6.37. The summed E-state index contributed by atoms with van der Waals surface area (Å²) in [4.78, 5) is 19.3. The number of benzene rings is 3. The molecule has 35 heavy (non-hydrogen) atoms. The van der Waals surface area contributed by atoms with Crippen molar-refractivity contribution < 1.29 is 22.4 Å². The number of nitrogens with one attached hydrogen (secondary N) is 1. The SMILES string of the molecule is Cc1ccc(NC(=O)N2CCC[C@@H]2c2nc3cc(-c4ccccc4C(F)(F)F)ccc3o2)c(C)c1. The van der Waals surface area contributed by atoms with Gasteiger partial charge in [0.2, 0.25) is 5.89 Å². The first-order chi connectivity index (χ1) is 16.7. The molecule has 1 aromatic heterocycles. The van der Waals surface area contributed by atoms with Crippen molar-refractivity contribution in [1.29, 1.82) is 0 Å². The fourth-order valence-corrected chi connectivity index (χ4v) is 4.64. The molecule has 2 amide bonds. The Bertz CT molecular complexity index is 1410. The van der Waals surface area contributed by atoms with Crippen LogP contribution in [0.5, 0.6) is 0 Å². The Morgan fingerprint density at radius 3 is 2.66 bits per heavy atom. The van der Waals surface area contributed by atoms with E-state index in [-0.39, 0.29) is 17.6 Å². The zero-order valence-electron chi connectivity index (χ0n) is 19.3. The predicted molar refractivity (Wildman–Crippen MR) is 128 cm³/mol. The van der Waals surface area contributed by atoms with Crippen LogP contribution in [0.25, 0.3) is 22.2 Å². The van der Waals surface area contributed by atoms with E-state index in [4.69, 9.17) is 4.42 Å². The fraction of sp³-hybridized carbons (Fsp3) is 0.259. The van der Waals surface area contributed by atoms with Crippen LogP contribution in [0, 0.1) is 13.8 Å². The van der Waals surface area contributed by atoms with Crippen LogP contribution in [-0.4, -0.2) is 22.5 Å². The van der Waals surface area contributed by atoms with Crippen LogP contribution in [0.1, 0.15) is 41.5 Å². The highest BCUT2D eigenvalue weighted by atomic mass is 19.4. The summed E-state index contributed by atoms with van der Waals surface area (Å²) in [5.41, 5.74) is 3.55. The quantitative estimate of drug-likeness (QED) is 0.331. The second-order valence-corrected chi connectivity index (χ2v) is 8.88. The molecule has 0 bridgehead atoms. The van der Waals surface area contributed by atoms with Gasteiger partial charge in [0.05, 0.1) is 5.56 Å². The van der Waals surface area contributed by atoms with E-state index in [9.17, 15) is 18.0 Å². The summed E-state index contributed by atoms with van der Waals surface area (Å²) in [5, 5.41) is 2.97. The fourth-order valence-electron chi connectivity index (χ4n) is 4.64. The molecule has 4 aromatic rings. The highest BCUT2D eigenvalue weighted by Crippen LogP contribution is 2.39. The number of nitrogens with zero attached hydrogens (tertiary/aromatic N) is 2. The number of aromatic nitrogens is 1. The molecule has 0 radical (unpaired) electrons. The number of likely N-dealkylation sites (tertiary alicyclic amines) is 1. The lowest BCUT2D eigenvalue weighted by molar-refractivity contribution is -0.137. The summed E-state index contributed by atoms with van der Waals surface area (Å²) in [5.74, 6) is 0.384. The van der Waals surface area contributed by atoms with Gasteiger partial charge in [-0.3, -0.25) is 0 Å². The molecule has 0 unspecified atom stereocenters. The molecule has 1 atom stereocenters. The summed E-state index contributed by atoms with van der Waals surface area (Å²) in [7, 11) is 0. The maximum absolute atomic E-state index is 13.5. The smallest absolute Gasteiger partial charge is 0.417 e. The number of halogens is 3. The number of hydrogen-bond donors (Lipinski definition) is 1. The molecule has 180 valence electrons. The van der Waals surface area contributed by atoms with Crippen molar-refractivity contribution in [3.05, 3.63) is 83.2 Å². The maximum Gasteiger partial charge on any atom is 0.417 e. The number of aryl methyl sites for hydroxylation is 2. The van der Waals surface area contributed by atoms with E-state index in [0.29, 0.717) is 35.5 Å². The van der Waals surface area contributed by atoms with Crippen LogP contribution in [0.4, 0.5) is 23.7 Å². The first kappa shape index (κ1) is 23.0. The van der Waals surface area contributed by atoms with Gasteiger partial charge in [0.15, 0.2) is 5.58 Å². The van der Waals surface area contributed by atoms with E-state index in [1.807, 2.05) is 32.0 Å². The minimum absolute atomic E-state index is 0.0850. The van der Waals surface area contributed by atoms with E-state index in [1.165, 1.54) is 12.1 Å². The van der Waals surface area contributed by atoms with Crippen molar-refractivity contribution >= 4 is 22.8 Å². The predicted octanol–water partition coefficient (Wildman–Crippen LogP) is 7.50. The number of carbonyl (C=O) groups is 1. The molecule has 5 rings (SSSR count). The summed E-state index contributed by atoms with van der Waals surface area (Å²) in [6.07, 6.45) is -2.97. The van der Waals surface area contributed by atoms with Crippen molar-refractivity contribution in [2.75, 3.05) is 11.9 Å². The monoisotopic (exact) mass is 479 g/mol. The molecule has 0 aliphatic carbocycles. The number of anilines is 1. The molecule has 1 N–H and O–H groups in total. The molecule has 5 nitrogen and oxygen atoms in total. The molecular formula is C27H24F3N3O2. The van der Waals surface area contributed by atoms with E-state index >= 15 is 0 Å². The van der Waals surface area contributed by atoms with Gasteiger partial charge in [-0.25, -0.2) is 9.78 Å². The lowest BCUT2D eigenvalue weighted by Crippen LogP contribution is -2.34. The highest BCUT2D eigenvalue weighted by molar-refractivity contribution is 5.90. The van der Waals surface area contributed by atoms with Crippen LogP contribution in [0.15, 0.2) is 65.1 Å². The standard InChI is InChI=1S/C27H24F3N3O2/c1-16-9-11-21(17(2)14-16)32-26(34)33-13-5-8-23(33)25-31-22-15-18(10-12-24(22)35-25)19-6-3-4-7-20(19)27(28,29)30/h3-4,6-7,9-12,14-15,23H,5,8,13H2,1-2H3,(H,32,34)/t23-/m1/s1. The van der Waals surface area contributed by atoms with E-state index in [2.05, 4.69) is 10.3 Å². The molecule has 1 saturated heterocycles. The summed E-state index contributed by atoms with van der Waals surface area (Å²) in [6, 6.07) is 15.5. The number of carbonyl (C=O) groups excluding carboxylic acids is 1. The van der Waals surface area contributed by atoms with Gasteiger partial charge < -0.3 is 14.6 Å². The normalized spacial score (nSPS) is 16.1. The van der Waals surface area contributed by atoms with Gasteiger partial charge in [0.1, 0.15) is 11.6 Å². The van der Waals surface area contributed by atoms with Gasteiger partial charge in [-0.2, -0.15) is 13.2 Å². The Morgan fingerprint density at radius 2 is 1.89 bits per heavy atom. The minimum atomic E-state index is -4.46. The third kappa shape index (κ3) is 4.48. The zero-order valence-corrected chi connectivity index (χ0v) is 19.3. The molecule has 3 aromatic carbocycles. The van der Waals surface area contributed by atoms with Gasteiger partial charge in [-0.05, 0) is 67.6 Å². The van der Waals surface area contributed by atoms with E-state index in [0.717, 1.165) is 29.3 Å². The molecule has 2 heterocycles. The van der Waals surface area contributed by atoms with Gasteiger partial charge in [0, 0.05) is 12.2 Å². The van der Waals surface area contributed by atoms with Crippen LogP contribution >= 0.6 is 0 Å². The Labute approximate surface area is 200 Å². The Hall–Kier alpha value is -3.81. The Morgan fingerprint density at radius 1 is 1.09 bits per heavy atom. The molecule has 1 aliphatic rings. The average Bonchev–Trinajstić information content (AvgIpc) is 3.46. The first-order valence-corrected chi connectivity index (χ1v) is 11.4. The van der Waals surface area contributed by atoms with Crippen LogP contribution in [0.3, 0.4) is 0 Å².